The van der Waals surface area contributed by atoms with E-state index in [-0.39, 0.29) is 23.6 Å². The van der Waals surface area contributed by atoms with E-state index in [0.717, 1.165) is 34.3 Å². The highest BCUT2D eigenvalue weighted by molar-refractivity contribution is 7.95. The molecule has 0 radical (unpaired) electrons. The molecule has 7 nitrogen and oxygen atoms in total. The molecule has 184 valence electrons. The summed E-state index contributed by atoms with van der Waals surface area (Å²) in [5.74, 6) is 5.93. The average molecular weight is 524 g/mol. The van der Waals surface area contributed by atoms with Gasteiger partial charge in [-0.2, -0.15) is 13.2 Å². The van der Waals surface area contributed by atoms with E-state index in [1.54, 1.807) is 30.3 Å². The monoisotopic (exact) mass is 523 g/mol. The summed E-state index contributed by atoms with van der Waals surface area (Å²) in [5.41, 5.74) is 6.60. The van der Waals surface area contributed by atoms with E-state index in [1.165, 1.54) is 24.3 Å². The van der Waals surface area contributed by atoms with Gasteiger partial charge in [0.15, 0.2) is 5.84 Å². The van der Waals surface area contributed by atoms with Gasteiger partial charge in [-0.25, -0.2) is 19.4 Å². The first-order chi connectivity index (χ1) is 16.4. The van der Waals surface area contributed by atoms with Gasteiger partial charge in [0.25, 0.3) is 10.0 Å². The number of sulfonamides is 1. The summed E-state index contributed by atoms with van der Waals surface area (Å²) in [6.45, 7) is 0.230. The molecule has 0 amide bonds. The summed E-state index contributed by atoms with van der Waals surface area (Å²) in [5, 5.41) is 6.54. The van der Waals surface area contributed by atoms with Crippen LogP contribution >= 0.6 is 11.6 Å². The lowest BCUT2D eigenvalue weighted by molar-refractivity contribution is -0.137. The minimum Gasteiger partial charge on any atom is -0.382 e. The first-order valence-electron chi connectivity index (χ1n) is 10.0. The van der Waals surface area contributed by atoms with Crippen molar-refractivity contribution in [1.29, 1.82) is 0 Å². The summed E-state index contributed by atoms with van der Waals surface area (Å²) < 4.78 is 65.7. The molecule has 0 atom stereocenters. The van der Waals surface area contributed by atoms with Crippen LogP contribution in [0.2, 0.25) is 5.02 Å². The highest BCUT2D eigenvalue weighted by Crippen LogP contribution is 2.29. The minimum absolute atomic E-state index is 0.0371. The van der Waals surface area contributed by atoms with E-state index >= 15 is 0 Å². The molecular formula is C23H21ClF3N5O2S. The van der Waals surface area contributed by atoms with Crippen LogP contribution in [0.1, 0.15) is 22.3 Å². The molecule has 12 heteroatoms. The Kier molecular flexibility index (Phi) is 8.05. The Morgan fingerprint density at radius 3 is 2.49 bits per heavy atom. The first-order valence-corrected chi connectivity index (χ1v) is 11.9. The van der Waals surface area contributed by atoms with Crippen LogP contribution in [-0.4, -0.2) is 19.4 Å². The summed E-state index contributed by atoms with van der Waals surface area (Å²) in [6.07, 6.45) is -3.46. The van der Waals surface area contributed by atoms with Crippen molar-refractivity contribution in [3.05, 3.63) is 105 Å². The van der Waals surface area contributed by atoms with E-state index in [4.69, 9.17) is 23.2 Å². The van der Waals surface area contributed by atoms with Gasteiger partial charge in [-0.15, -0.1) is 5.10 Å². The molecule has 35 heavy (non-hydrogen) atoms. The number of hydrogen-bond acceptors (Lipinski definition) is 5. The van der Waals surface area contributed by atoms with E-state index in [0.29, 0.717) is 10.6 Å². The number of benzene rings is 3. The zero-order valence-electron chi connectivity index (χ0n) is 18.1. The average Bonchev–Trinajstić information content (AvgIpc) is 2.77. The fourth-order valence-corrected chi connectivity index (χ4v) is 4.05. The zero-order chi connectivity index (χ0) is 25.6. The molecule has 0 spiro atoms. The topological polar surface area (TPSA) is 114 Å². The number of amidine groups is 1. The van der Waals surface area contributed by atoms with Gasteiger partial charge in [-0.1, -0.05) is 48.0 Å². The maximum absolute atomic E-state index is 12.8. The summed E-state index contributed by atoms with van der Waals surface area (Å²) in [6, 6.07) is 17.5. The Hall–Kier alpha value is -3.54. The van der Waals surface area contributed by atoms with Gasteiger partial charge in [-0.05, 0) is 53.6 Å². The van der Waals surface area contributed by atoms with Crippen LogP contribution < -0.4 is 16.3 Å². The molecular weight excluding hydrogens is 503 g/mol. The van der Waals surface area contributed by atoms with Crippen molar-refractivity contribution in [2.75, 3.05) is 4.72 Å². The molecule has 0 aromatic heterocycles. The van der Waals surface area contributed by atoms with Gasteiger partial charge in [0.05, 0.1) is 17.5 Å². The van der Waals surface area contributed by atoms with Gasteiger partial charge in [0.2, 0.25) is 0 Å². The quantitative estimate of drug-likeness (QED) is 0.170. The van der Waals surface area contributed by atoms with Gasteiger partial charge in [0, 0.05) is 16.3 Å². The molecule has 0 aliphatic heterocycles. The smallest absolute Gasteiger partial charge is 0.382 e. The SMILES string of the molecule is N/C(=N\N(N)Cc1cccc(Cl)c1)c1cccc(NS(=O)(=O)/C=C/c2cccc(C(F)(F)F)c2)c1. The van der Waals surface area contributed by atoms with Crippen molar-refractivity contribution in [2.45, 2.75) is 12.7 Å². The normalized spacial score (nSPS) is 12.7. The molecule has 3 aromatic carbocycles. The fourth-order valence-electron chi connectivity index (χ4n) is 2.98. The van der Waals surface area contributed by atoms with Crippen molar-refractivity contribution < 1.29 is 21.6 Å². The van der Waals surface area contributed by atoms with Crippen molar-refractivity contribution >= 4 is 39.2 Å². The summed E-state index contributed by atoms with van der Waals surface area (Å²) >= 11 is 5.96. The van der Waals surface area contributed by atoms with Gasteiger partial charge >= 0.3 is 6.18 Å². The number of hydrazone groups is 1. The van der Waals surface area contributed by atoms with Crippen LogP contribution in [0, 0.1) is 0 Å². The van der Waals surface area contributed by atoms with Crippen LogP contribution in [0.4, 0.5) is 18.9 Å². The van der Waals surface area contributed by atoms with Gasteiger partial charge in [0.1, 0.15) is 0 Å². The number of halogens is 4. The predicted molar refractivity (Wildman–Crippen MR) is 131 cm³/mol. The number of rotatable bonds is 8. The Morgan fingerprint density at radius 2 is 1.77 bits per heavy atom. The predicted octanol–water partition coefficient (Wildman–Crippen LogP) is 4.77. The van der Waals surface area contributed by atoms with Crippen LogP contribution in [0.25, 0.3) is 6.08 Å². The Labute approximate surface area is 205 Å². The molecule has 0 saturated carbocycles. The summed E-state index contributed by atoms with van der Waals surface area (Å²) in [7, 11) is -4.03. The zero-order valence-corrected chi connectivity index (χ0v) is 19.6. The standard InChI is InChI=1S/C23H21ClF3N5O2S/c24-20-8-2-5-17(13-20)15-32(29)30-22(28)18-6-3-9-21(14-18)31-35(33,34)11-10-16-4-1-7-19(12-16)23(25,26)27/h1-14,31H,15,29H2,(H2,28,30)/b11-10+. The number of hydrogen-bond donors (Lipinski definition) is 3. The molecule has 0 aliphatic carbocycles. The highest BCUT2D eigenvalue weighted by Gasteiger charge is 2.30. The van der Waals surface area contributed by atoms with E-state index in [1.807, 2.05) is 6.07 Å². The molecule has 0 fully saturated rings. The van der Waals surface area contributed by atoms with E-state index in [2.05, 4.69) is 9.82 Å². The second kappa shape index (κ2) is 10.8. The van der Waals surface area contributed by atoms with Gasteiger partial charge < -0.3 is 5.73 Å². The third-order valence-corrected chi connectivity index (χ3v) is 5.79. The second-order valence-corrected chi connectivity index (χ2v) is 9.37. The third kappa shape index (κ3) is 8.02. The van der Waals surface area contributed by atoms with Crippen LogP contribution in [-0.2, 0) is 22.7 Å². The Bertz CT molecular complexity index is 1360. The van der Waals surface area contributed by atoms with Crippen LogP contribution in [0.15, 0.2) is 83.3 Å². The lowest BCUT2D eigenvalue weighted by Gasteiger charge is -2.14. The number of nitrogens with zero attached hydrogens (tertiary/aromatic N) is 2. The lowest BCUT2D eigenvalue weighted by atomic mass is 10.1. The van der Waals surface area contributed by atoms with Crippen molar-refractivity contribution in [2.24, 2.45) is 16.7 Å². The van der Waals surface area contributed by atoms with Crippen molar-refractivity contribution in [1.82, 2.24) is 5.12 Å². The van der Waals surface area contributed by atoms with Crippen LogP contribution in [0.5, 0.6) is 0 Å². The number of hydrazine groups is 1. The molecule has 5 N–H and O–H groups in total. The van der Waals surface area contributed by atoms with Crippen LogP contribution in [0.3, 0.4) is 0 Å². The number of alkyl halides is 3. The first kappa shape index (κ1) is 26.1. The Morgan fingerprint density at radius 1 is 1.06 bits per heavy atom. The third-order valence-electron chi connectivity index (χ3n) is 4.54. The minimum atomic E-state index is -4.53. The second-order valence-electron chi connectivity index (χ2n) is 7.37. The lowest BCUT2D eigenvalue weighted by Crippen LogP contribution is -2.29. The maximum Gasteiger partial charge on any atom is 0.416 e. The Balaban J connectivity index is 1.71. The molecule has 0 bridgehead atoms. The molecule has 0 aliphatic rings. The number of anilines is 1. The molecule has 3 rings (SSSR count). The van der Waals surface area contributed by atoms with Crippen molar-refractivity contribution in [3.63, 3.8) is 0 Å². The van der Waals surface area contributed by atoms with E-state index in [9.17, 15) is 21.6 Å². The van der Waals surface area contributed by atoms with Gasteiger partial charge in [-0.3, -0.25) is 4.72 Å². The fraction of sp³-hybridized carbons (Fsp3) is 0.0870. The number of nitrogens with one attached hydrogen (secondary N) is 1. The largest absolute Gasteiger partial charge is 0.416 e. The molecule has 0 saturated heterocycles. The number of nitrogens with two attached hydrogens (primary N) is 2. The molecule has 0 unspecified atom stereocenters. The molecule has 0 heterocycles. The summed E-state index contributed by atoms with van der Waals surface area (Å²) in [4.78, 5) is 0. The maximum atomic E-state index is 12.8. The van der Waals surface area contributed by atoms with E-state index < -0.39 is 21.8 Å². The highest BCUT2D eigenvalue weighted by atomic mass is 35.5. The van der Waals surface area contributed by atoms with Crippen molar-refractivity contribution in [3.8, 4) is 0 Å². The molecule has 3 aromatic rings.